The molecule has 4 heterocycles. The number of methoxy groups -OCH3 is 1. The second-order valence-electron chi connectivity index (χ2n) is 10.6. The van der Waals surface area contributed by atoms with Gasteiger partial charge in [0, 0.05) is 53.8 Å². The highest BCUT2D eigenvalue weighted by Gasteiger charge is 2.23. The van der Waals surface area contributed by atoms with Crippen molar-refractivity contribution in [1.82, 2.24) is 24.8 Å². The van der Waals surface area contributed by atoms with Crippen LogP contribution in [0.5, 0.6) is 17.2 Å². The number of halogens is 1. The van der Waals surface area contributed by atoms with Gasteiger partial charge >= 0.3 is 0 Å². The van der Waals surface area contributed by atoms with Gasteiger partial charge in [0.1, 0.15) is 40.9 Å². The van der Waals surface area contributed by atoms with Crippen LogP contribution >= 0.6 is 11.3 Å². The Hall–Kier alpha value is -5.10. The monoisotopic (exact) mass is 625 g/mol. The summed E-state index contributed by atoms with van der Waals surface area (Å²) in [6, 6.07) is 12.0. The zero-order valence-corrected chi connectivity index (χ0v) is 25.9. The molecule has 5 aromatic rings. The number of aromatic nitrogens is 4. The first-order valence-corrected chi connectivity index (χ1v) is 15.3. The predicted octanol–water partition coefficient (Wildman–Crippen LogP) is 7.04. The lowest BCUT2D eigenvalue weighted by Crippen LogP contribution is -2.41. The minimum atomic E-state index is -0.507. The van der Waals surface area contributed by atoms with Crippen LogP contribution in [0.25, 0.3) is 22.3 Å². The number of ether oxygens (including phenoxy) is 2. The van der Waals surface area contributed by atoms with Crippen molar-refractivity contribution in [1.29, 1.82) is 0 Å². The first kappa shape index (κ1) is 29.9. The average Bonchev–Trinajstić information content (AvgIpc) is 3.39. The lowest BCUT2D eigenvalue weighted by atomic mass is 10.0. The zero-order chi connectivity index (χ0) is 31.5. The van der Waals surface area contributed by atoms with E-state index in [2.05, 4.69) is 37.1 Å². The first-order valence-electron chi connectivity index (χ1n) is 14.5. The molecule has 3 aromatic heterocycles. The van der Waals surface area contributed by atoms with Gasteiger partial charge in [0.2, 0.25) is 5.91 Å². The van der Waals surface area contributed by atoms with Gasteiger partial charge in [-0.05, 0) is 57.0 Å². The summed E-state index contributed by atoms with van der Waals surface area (Å²) in [6.45, 7) is 8.82. The molecule has 0 atom stereocenters. The van der Waals surface area contributed by atoms with Crippen molar-refractivity contribution in [2.45, 2.75) is 32.7 Å². The van der Waals surface area contributed by atoms with E-state index in [1.54, 1.807) is 53.8 Å². The third-order valence-electron chi connectivity index (χ3n) is 7.60. The molecule has 12 heteroatoms. The summed E-state index contributed by atoms with van der Waals surface area (Å²) in [5.74, 6) is 1.37. The minimum absolute atomic E-state index is 0.0558. The molecule has 0 saturated carbocycles. The Kier molecular flexibility index (Phi) is 8.56. The van der Waals surface area contributed by atoms with E-state index >= 15 is 4.39 Å². The van der Waals surface area contributed by atoms with E-state index in [-0.39, 0.29) is 17.6 Å². The van der Waals surface area contributed by atoms with Crippen molar-refractivity contribution in [3.8, 4) is 28.6 Å². The number of amides is 1. The molecule has 2 aromatic carbocycles. The summed E-state index contributed by atoms with van der Waals surface area (Å²) in [5, 5.41) is 8.32. The van der Waals surface area contributed by atoms with Gasteiger partial charge in [0.05, 0.1) is 34.7 Å². The Morgan fingerprint density at radius 3 is 2.58 bits per heavy atom. The van der Waals surface area contributed by atoms with E-state index < -0.39 is 5.82 Å². The van der Waals surface area contributed by atoms with E-state index in [1.807, 2.05) is 26.0 Å². The highest BCUT2D eigenvalue weighted by molar-refractivity contribution is 7.11. The molecular formula is C33H32FN7O3S. The van der Waals surface area contributed by atoms with Crippen LogP contribution in [-0.2, 0) is 4.79 Å². The van der Waals surface area contributed by atoms with Crippen LogP contribution in [0.1, 0.15) is 22.7 Å². The number of nitrogens with zero attached hydrogens (tertiary/aromatic N) is 5. The number of hydrogen-bond donors (Lipinski definition) is 2. The molecule has 10 nitrogen and oxygen atoms in total. The Bertz CT molecular complexity index is 1890. The van der Waals surface area contributed by atoms with Crippen molar-refractivity contribution in [2.24, 2.45) is 0 Å². The second kappa shape index (κ2) is 12.9. The topological polar surface area (TPSA) is 114 Å². The number of rotatable bonds is 9. The van der Waals surface area contributed by atoms with Gasteiger partial charge in [-0.3, -0.25) is 9.78 Å². The SMILES string of the molecule is C=CC(=O)N1CCC(Nc2cc3c(Nc4ccc(Oc5ccnc(-c6nc(C)sc6C)c5)cc4F)ncnc3cc2OC)CC1. The Balaban J connectivity index is 1.20. The normalized spacial score (nSPS) is 13.5. The smallest absolute Gasteiger partial charge is 0.245 e. The van der Waals surface area contributed by atoms with Crippen LogP contribution < -0.4 is 20.1 Å². The molecule has 0 unspecified atom stereocenters. The molecule has 2 N–H and O–H groups in total. The Morgan fingerprint density at radius 2 is 1.87 bits per heavy atom. The molecule has 0 spiro atoms. The van der Waals surface area contributed by atoms with Gasteiger partial charge in [-0.15, -0.1) is 11.3 Å². The number of benzene rings is 2. The molecule has 1 aliphatic rings. The number of pyridine rings is 1. The summed E-state index contributed by atoms with van der Waals surface area (Å²) >= 11 is 1.61. The fraction of sp³-hybridized carbons (Fsp3) is 0.242. The lowest BCUT2D eigenvalue weighted by molar-refractivity contribution is -0.126. The maximum Gasteiger partial charge on any atom is 0.245 e. The van der Waals surface area contributed by atoms with Gasteiger partial charge < -0.3 is 25.0 Å². The van der Waals surface area contributed by atoms with Crippen LogP contribution in [0.2, 0.25) is 0 Å². The molecule has 1 saturated heterocycles. The highest BCUT2D eigenvalue weighted by atomic mass is 32.1. The van der Waals surface area contributed by atoms with Crippen LogP contribution in [0.3, 0.4) is 0 Å². The van der Waals surface area contributed by atoms with E-state index in [0.29, 0.717) is 52.8 Å². The molecule has 1 amide bonds. The predicted molar refractivity (Wildman–Crippen MR) is 174 cm³/mol. The van der Waals surface area contributed by atoms with E-state index in [9.17, 15) is 4.79 Å². The van der Waals surface area contributed by atoms with Gasteiger partial charge in [-0.2, -0.15) is 0 Å². The maximum absolute atomic E-state index is 15.4. The number of fused-ring (bicyclic) bond motifs is 1. The summed E-state index contributed by atoms with van der Waals surface area (Å²) in [4.78, 5) is 32.6. The number of carbonyl (C=O) groups is 1. The number of thiazole rings is 1. The number of piperidine rings is 1. The summed E-state index contributed by atoms with van der Waals surface area (Å²) in [5.41, 5.74) is 3.14. The number of aryl methyl sites for hydroxylation is 2. The average molecular weight is 626 g/mol. The molecule has 0 aliphatic carbocycles. The van der Waals surface area contributed by atoms with Crippen molar-refractivity contribution >= 4 is 45.3 Å². The van der Waals surface area contributed by atoms with Crippen molar-refractivity contribution < 1.29 is 18.7 Å². The molecule has 230 valence electrons. The first-order chi connectivity index (χ1) is 21.8. The van der Waals surface area contributed by atoms with E-state index in [0.717, 1.165) is 34.1 Å². The number of hydrogen-bond acceptors (Lipinski definition) is 10. The van der Waals surface area contributed by atoms with E-state index in [4.69, 9.17) is 9.47 Å². The fourth-order valence-electron chi connectivity index (χ4n) is 5.35. The second-order valence-corrected chi connectivity index (χ2v) is 12.0. The zero-order valence-electron chi connectivity index (χ0n) is 25.1. The fourth-order valence-corrected chi connectivity index (χ4v) is 6.18. The van der Waals surface area contributed by atoms with Crippen LogP contribution in [0.15, 0.2) is 67.6 Å². The molecule has 6 rings (SSSR count). The van der Waals surface area contributed by atoms with Crippen LogP contribution in [-0.4, -0.2) is 57.0 Å². The molecule has 1 aliphatic heterocycles. The highest BCUT2D eigenvalue weighted by Crippen LogP contribution is 2.36. The Morgan fingerprint density at radius 1 is 1.07 bits per heavy atom. The molecule has 45 heavy (non-hydrogen) atoms. The standard InChI is InChI=1S/C33H32FN7O3S/c1-5-31(42)41-12-9-21(10-13-41)39-28-16-24-27(17-30(28)43-4)36-18-37-33(24)40-26-7-6-22(14-25(26)34)44-23-8-11-35-29(15-23)32-19(2)45-20(3)38-32/h5-8,11,14-18,21,39H,1,9-10,12-13H2,2-4H3,(H,36,37,40). The molecule has 0 radical (unpaired) electrons. The number of anilines is 3. The molecular weight excluding hydrogens is 593 g/mol. The maximum atomic E-state index is 15.4. The molecule has 1 fully saturated rings. The summed E-state index contributed by atoms with van der Waals surface area (Å²) < 4.78 is 27.0. The summed E-state index contributed by atoms with van der Waals surface area (Å²) in [6.07, 6.45) is 5.98. The van der Waals surface area contributed by atoms with Crippen molar-refractivity contribution in [3.05, 3.63) is 83.3 Å². The summed E-state index contributed by atoms with van der Waals surface area (Å²) in [7, 11) is 1.60. The third kappa shape index (κ3) is 6.55. The van der Waals surface area contributed by atoms with Gasteiger partial charge in [0.15, 0.2) is 0 Å². The van der Waals surface area contributed by atoms with Gasteiger partial charge in [-0.1, -0.05) is 6.58 Å². The lowest BCUT2D eigenvalue weighted by Gasteiger charge is -2.32. The van der Waals surface area contributed by atoms with E-state index in [1.165, 1.54) is 18.5 Å². The third-order valence-corrected chi connectivity index (χ3v) is 8.49. The quantitative estimate of drug-likeness (QED) is 0.167. The van der Waals surface area contributed by atoms with Gasteiger partial charge in [-0.25, -0.2) is 19.3 Å². The Labute approximate surface area is 264 Å². The number of likely N-dealkylation sites (tertiary alicyclic amines) is 1. The van der Waals surface area contributed by atoms with Crippen LogP contribution in [0, 0.1) is 19.7 Å². The van der Waals surface area contributed by atoms with Crippen molar-refractivity contribution in [2.75, 3.05) is 30.8 Å². The largest absolute Gasteiger partial charge is 0.495 e. The van der Waals surface area contributed by atoms with Crippen molar-refractivity contribution in [3.63, 3.8) is 0 Å². The minimum Gasteiger partial charge on any atom is -0.495 e. The van der Waals surface area contributed by atoms with Crippen LogP contribution in [0.4, 0.5) is 21.6 Å². The molecule has 0 bridgehead atoms. The number of nitrogens with one attached hydrogen (secondary N) is 2. The number of carbonyl (C=O) groups excluding carboxylic acids is 1. The van der Waals surface area contributed by atoms with Gasteiger partial charge in [0.25, 0.3) is 0 Å².